The number of aromatic nitrogens is 2. The molecule has 0 saturated heterocycles. The Kier molecular flexibility index (Phi) is 2.71. The van der Waals surface area contributed by atoms with Crippen LogP contribution in [0.4, 0.5) is 0 Å². The van der Waals surface area contributed by atoms with E-state index in [1.807, 2.05) is 12.5 Å². The Bertz CT molecular complexity index is 207. The van der Waals surface area contributed by atoms with Crippen molar-refractivity contribution in [2.45, 2.75) is 26.3 Å². The second kappa shape index (κ2) is 3.37. The van der Waals surface area contributed by atoms with Crippen LogP contribution in [0, 0.1) is 3.70 Å². The molecule has 1 heterocycles. The second-order valence-corrected chi connectivity index (χ2v) is 3.49. The van der Waals surface area contributed by atoms with Gasteiger partial charge in [0.1, 0.15) is 0 Å². The van der Waals surface area contributed by atoms with Gasteiger partial charge in [-0.15, -0.1) is 0 Å². The lowest BCUT2D eigenvalue weighted by Gasteiger charge is -2.10. The summed E-state index contributed by atoms with van der Waals surface area (Å²) in [7, 11) is 0. The minimum absolute atomic E-state index is 0.578. The Morgan fingerprint density at radius 1 is 1.80 bits per heavy atom. The van der Waals surface area contributed by atoms with Crippen molar-refractivity contribution in [3.63, 3.8) is 0 Å². The first-order chi connectivity index (χ1) is 4.75. The topological polar surface area (TPSA) is 17.8 Å². The molecule has 2 nitrogen and oxygen atoms in total. The van der Waals surface area contributed by atoms with E-state index < -0.39 is 0 Å². The molecule has 0 fully saturated rings. The lowest BCUT2D eigenvalue weighted by Crippen LogP contribution is -2.03. The van der Waals surface area contributed by atoms with Crippen LogP contribution in [-0.4, -0.2) is 9.55 Å². The lowest BCUT2D eigenvalue weighted by molar-refractivity contribution is 0.521. The van der Waals surface area contributed by atoms with Gasteiger partial charge in [0.05, 0.1) is 16.2 Å². The molecule has 0 unspecified atom stereocenters. The van der Waals surface area contributed by atoms with Crippen LogP contribution in [0.3, 0.4) is 0 Å². The zero-order valence-corrected chi connectivity index (χ0v) is 8.37. The van der Waals surface area contributed by atoms with Crippen LogP contribution >= 0.6 is 22.6 Å². The summed E-state index contributed by atoms with van der Waals surface area (Å²) in [4.78, 5) is 4.05. The summed E-state index contributed by atoms with van der Waals surface area (Å²) >= 11 is 2.29. The van der Waals surface area contributed by atoms with Gasteiger partial charge in [0.2, 0.25) is 0 Å². The quantitative estimate of drug-likeness (QED) is 0.737. The molecule has 56 valence electrons. The maximum atomic E-state index is 4.05. The van der Waals surface area contributed by atoms with E-state index in [1.165, 1.54) is 3.70 Å². The molecular formula is C7H11IN2. The van der Waals surface area contributed by atoms with E-state index in [0.29, 0.717) is 6.04 Å². The molecule has 1 aromatic rings. The van der Waals surface area contributed by atoms with E-state index in [1.54, 1.807) is 0 Å². The Morgan fingerprint density at radius 3 is 2.90 bits per heavy atom. The van der Waals surface area contributed by atoms with Crippen molar-refractivity contribution < 1.29 is 0 Å². The number of halogens is 1. The van der Waals surface area contributed by atoms with Gasteiger partial charge < -0.3 is 4.57 Å². The van der Waals surface area contributed by atoms with E-state index >= 15 is 0 Å². The molecule has 0 aliphatic rings. The van der Waals surface area contributed by atoms with E-state index in [-0.39, 0.29) is 0 Å². The van der Waals surface area contributed by atoms with E-state index in [2.05, 4.69) is 46.0 Å². The highest BCUT2D eigenvalue weighted by Crippen LogP contribution is 2.13. The smallest absolute Gasteiger partial charge is 0.0997 e. The normalized spacial score (nSPS) is 13.5. The summed E-state index contributed by atoms with van der Waals surface area (Å²) in [6.07, 6.45) is 4.93. The zero-order chi connectivity index (χ0) is 7.56. The standard InChI is InChI=1S/C7H11IN2/c1-3-6(2)10-5-9-4-7(10)8/h4-6H,3H2,1-2H3/t6-/m1/s1. The van der Waals surface area contributed by atoms with Gasteiger partial charge in [-0.3, -0.25) is 0 Å². The monoisotopic (exact) mass is 250 g/mol. The van der Waals surface area contributed by atoms with Crippen LogP contribution in [0.2, 0.25) is 0 Å². The fraction of sp³-hybridized carbons (Fsp3) is 0.571. The van der Waals surface area contributed by atoms with E-state index in [4.69, 9.17) is 0 Å². The van der Waals surface area contributed by atoms with E-state index in [0.717, 1.165) is 6.42 Å². The number of imidazole rings is 1. The molecule has 1 atom stereocenters. The van der Waals surface area contributed by atoms with Gasteiger partial charge in [-0.1, -0.05) is 6.92 Å². The number of hydrogen-bond acceptors (Lipinski definition) is 1. The number of rotatable bonds is 2. The third-order valence-electron chi connectivity index (χ3n) is 1.68. The highest BCUT2D eigenvalue weighted by atomic mass is 127. The molecule has 0 aliphatic heterocycles. The Labute approximate surface area is 74.8 Å². The highest BCUT2D eigenvalue weighted by molar-refractivity contribution is 14.1. The minimum atomic E-state index is 0.578. The van der Waals surface area contributed by atoms with Crippen molar-refractivity contribution in [1.82, 2.24) is 9.55 Å². The molecule has 0 radical (unpaired) electrons. The van der Waals surface area contributed by atoms with Gasteiger partial charge >= 0.3 is 0 Å². The molecule has 3 heteroatoms. The molecule has 0 spiro atoms. The van der Waals surface area contributed by atoms with Gasteiger partial charge in [0, 0.05) is 6.04 Å². The summed E-state index contributed by atoms with van der Waals surface area (Å²) in [6, 6.07) is 0.578. The molecule has 0 amide bonds. The molecule has 0 bridgehead atoms. The number of nitrogens with zero attached hydrogens (tertiary/aromatic N) is 2. The molecule has 1 rings (SSSR count). The van der Waals surface area contributed by atoms with Crippen molar-refractivity contribution in [2.24, 2.45) is 0 Å². The summed E-state index contributed by atoms with van der Waals surface area (Å²) in [6.45, 7) is 4.38. The van der Waals surface area contributed by atoms with Crippen LogP contribution in [-0.2, 0) is 0 Å². The third-order valence-corrected chi connectivity index (χ3v) is 2.52. The maximum Gasteiger partial charge on any atom is 0.0997 e. The van der Waals surface area contributed by atoms with Gasteiger partial charge in [0.25, 0.3) is 0 Å². The number of hydrogen-bond donors (Lipinski definition) is 0. The van der Waals surface area contributed by atoms with E-state index in [9.17, 15) is 0 Å². The van der Waals surface area contributed by atoms with Crippen molar-refractivity contribution in [3.8, 4) is 0 Å². The third kappa shape index (κ3) is 1.51. The molecule has 0 saturated carbocycles. The summed E-state index contributed by atoms with van der Waals surface area (Å²) in [5.74, 6) is 0. The summed E-state index contributed by atoms with van der Waals surface area (Å²) in [5, 5.41) is 0. The van der Waals surface area contributed by atoms with Crippen LogP contribution in [0.5, 0.6) is 0 Å². The van der Waals surface area contributed by atoms with Crippen molar-refractivity contribution >= 4 is 22.6 Å². The van der Waals surface area contributed by atoms with Crippen LogP contribution < -0.4 is 0 Å². The molecule has 0 aliphatic carbocycles. The van der Waals surface area contributed by atoms with Gasteiger partial charge in [0.15, 0.2) is 0 Å². The predicted octanol–water partition coefficient (Wildman–Crippen LogP) is 2.46. The lowest BCUT2D eigenvalue weighted by atomic mass is 10.3. The summed E-state index contributed by atoms with van der Waals surface area (Å²) < 4.78 is 3.40. The maximum absolute atomic E-state index is 4.05. The van der Waals surface area contributed by atoms with Crippen molar-refractivity contribution in [3.05, 3.63) is 16.2 Å². The fourth-order valence-electron chi connectivity index (χ4n) is 0.810. The van der Waals surface area contributed by atoms with Crippen LogP contribution in [0.1, 0.15) is 26.3 Å². The van der Waals surface area contributed by atoms with Crippen LogP contribution in [0.15, 0.2) is 12.5 Å². The van der Waals surface area contributed by atoms with Gasteiger partial charge in [-0.05, 0) is 35.9 Å². The van der Waals surface area contributed by atoms with Crippen molar-refractivity contribution in [2.75, 3.05) is 0 Å². The largest absolute Gasteiger partial charge is 0.323 e. The first kappa shape index (κ1) is 8.04. The first-order valence-electron chi connectivity index (χ1n) is 3.43. The Hall–Kier alpha value is -0.0600. The molecule has 10 heavy (non-hydrogen) atoms. The van der Waals surface area contributed by atoms with Gasteiger partial charge in [-0.25, -0.2) is 4.98 Å². The average molecular weight is 250 g/mol. The Morgan fingerprint density at radius 2 is 2.50 bits per heavy atom. The zero-order valence-electron chi connectivity index (χ0n) is 6.21. The molecule has 0 aromatic carbocycles. The highest BCUT2D eigenvalue weighted by Gasteiger charge is 2.03. The fourth-order valence-corrected chi connectivity index (χ4v) is 1.57. The predicted molar refractivity (Wildman–Crippen MR) is 49.9 cm³/mol. The van der Waals surface area contributed by atoms with Gasteiger partial charge in [-0.2, -0.15) is 0 Å². The first-order valence-corrected chi connectivity index (χ1v) is 4.51. The molecule has 0 N–H and O–H groups in total. The minimum Gasteiger partial charge on any atom is -0.323 e. The summed E-state index contributed by atoms with van der Waals surface area (Å²) in [5.41, 5.74) is 0. The van der Waals surface area contributed by atoms with Crippen LogP contribution in [0.25, 0.3) is 0 Å². The molecule has 1 aromatic heterocycles. The van der Waals surface area contributed by atoms with Crippen molar-refractivity contribution in [1.29, 1.82) is 0 Å². The second-order valence-electron chi connectivity index (χ2n) is 2.38. The molecular weight excluding hydrogens is 239 g/mol. The SMILES string of the molecule is CC[C@@H](C)n1cncc1I. The Balaban J connectivity index is 2.82. The average Bonchev–Trinajstić information content (AvgIpc) is 2.34.